The van der Waals surface area contributed by atoms with Crippen LogP contribution >= 0.6 is 0 Å². The summed E-state index contributed by atoms with van der Waals surface area (Å²) in [5.41, 5.74) is 2.43. The van der Waals surface area contributed by atoms with Gasteiger partial charge >= 0.3 is 0 Å². The number of nitrogens with zero attached hydrogens (tertiary/aromatic N) is 1. The number of piperidine rings is 1. The fourth-order valence-electron chi connectivity index (χ4n) is 4.38. The first kappa shape index (κ1) is 18.0. The van der Waals surface area contributed by atoms with Gasteiger partial charge in [-0.2, -0.15) is 0 Å². The number of carbonyl (C=O) groups is 2. The second-order valence-corrected chi connectivity index (χ2v) is 7.57. The van der Waals surface area contributed by atoms with Crippen molar-refractivity contribution in [2.75, 3.05) is 13.1 Å². The van der Waals surface area contributed by atoms with E-state index in [1.807, 2.05) is 11.8 Å². The van der Waals surface area contributed by atoms with Crippen molar-refractivity contribution < 1.29 is 9.59 Å². The van der Waals surface area contributed by atoms with E-state index in [0.29, 0.717) is 13.1 Å². The molecule has 1 saturated heterocycles. The standard InChI is InChI=1S/C21H30N2O2/c1-3-22-20(24)18-11-12-19(17-10-6-7-15(2)13-17)23(14-18)21(25)16-8-4-5-9-16/h6-7,10,13,16,18-19H,3-5,8-9,11-12,14H2,1-2H3,(H,22,24)/t18-,19-/m0/s1. The van der Waals surface area contributed by atoms with Gasteiger partial charge < -0.3 is 10.2 Å². The van der Waals surface area contributed by atoms with Gasteiger partial charge in [-0.25, -0.2) is 0 Å². The van der Waals surface area contributed by atoms with E-state index in [4.69, 9.17) is 0 Å². The lowest BCUT2D eigenvalue weighted by atomic mass is 9.86. The number of hydrogen-bond acceptors (Lipinski definition) is 2. The topological polar surface area (TPSA) is 49.4 Å². The molecule has 3 rings (SSSR count). The minimum Gasteiger partial charge on any atom is -0.356 e. The van der Waals surface area contributed by atoms with Crippen LogP contribution in [0, 0.1) is 18.8 Å². The fourth-order valence-corrected chi connectivity index (χ4v) is 4.38. The maximum atomic E-state index is 13.2. The van der Waals surface area contributed by atoms with Crippen molar-refractivity contribution >= 4 is 11.8 Å². The summed E-state index contributed by atoms with van der Waals surface area (Å²) in [6.07, 6.45) is 6.02. The number of amides is 2. The van der Waals surface area contributed by atoms with Gasteiger partial charge in [-0.05, 0) is 45.1 Å². The maximum Gasteiger partial charge on any atom is 0.226 e. The first-order valence-corrected chi connectivity index (χ1v) is 9.75. The highest BCUT2D eigenvalue weighted by Crippen LogP contribution is 2.37. The minimum absolute atomic E-state index is 0.0774. The molecule has 0 unspecified atom stereocenters. The van der Waals surface area contributed by atoms with Crippen LogP contribution in [0.1, 0.15) is 62.6 Å². The van der Waals surface area contributed by atoms with E-state index < -0.39 is 0 Å². The molecule has 1 heterocycles. The van der Waals surface area contributed by atoms with Crippen molar-refractivity contribution in [3.05, 3.63) is 35.4 Å². The second-order valence-electron chi connectivity index (χ2n) is 7.57. The van der Waals surface area contributed by atoms with Crippen LogP contribution in [-0.2, 0) is 9.59 Å². The van der Waals surface area contributed by atoms with Crippen LogP contribution in [0.25, 0.3) is 0 Å². The van der Waals surface area contributed by atoms with Crippen LogP contribution in [0.4, 0.5) is 0 Å². The second kappa shape index (κ2) is 8.03. The Labute approximate surface area is 151 Å². The Morgan fingerprint density at radius 2 is 1.88 bits per heavy atom. The van der Waals surface area contributed by atoms with E-state index in [2.05, 4.69) is 36.5 Å². The van der Waals surface area contributed by atoms with Crippen LogP contribution in [0.15, 0.2) is 24.3 Å². The molecule has 2 aliphatic rings. The third-order valence-electron chi connectivity index (χ3n) is 5.72. The summed E-state index contributed by atoms with van der Waals surface area (Å²) in [5, 5.41) is 2.93. The van der Waals surface area contributed by atoms with Gasteiger partial charge in [-0.3, -0.25) is 9.59 Å². The fraction of sp³-hybridized carbons (Fsp3) is 0.619. The normalized spacial score (nSPS) is 24.3. The molecule has 1 aliphatic heterocycles. The number of aryl methyl sites for hydroxylation is 1. The molecule has 2 atom stereocenters. The molecule has 2 fully saturated rings. The average molecular weight is 342 g/mol. The predicted octanol–water partition coefficient (Wildman–Crippen LogP) is 3.60. The zero-order valence-electron chi connectivity index (χ0n) is 15.5. The Morgan fingerprint density at radius 3 is 2.56 bits per heavy atom. The lowest BCUT2D eigenvalue weighted by Gasteiger charge is -2.41. The van der Waals surface area contributed by atoms with Crippen LogP contribution in [0.5, 0.6) is 0 Å². The van der Waals surface area contributed by atoms with Crippen LogP contribution in [0.2, 0.25) is 0 Å². The first-order valence-electron chi connectivity index (χ1n) is 9.75. The smallest absolute Gasteiger partial charge is 0.226 e. The van der Waals surface area contributed by atoms with Crippen LogP contribution in [-0.4, -0.2) is 29.8 Å². The lowest BCUT2D eigenvalue weighted by Crippen LogP contribution is -2.48. The zero-order chi connectivity index (χ0) is 17.8. The van der Waals surface area contributed by atoms with E-state index >= 15 is 0 Å². The van der Waals surface area contributed by atoms with Crippen molar-refractivity contribution in [2.24, 2.45) is 11.8 Å². The summed E-state index contributed by atoms with van der Waals surface area (Å²) >= 11 is 0. The number of carbonyl (C=O) groups excluding carboxylic acids is 2. The Kier molecular flexibility index (Phi) is 5.77. The van der Waals surface area contributed by atoms with Gasteiger partial charge in [0.2, 0.25) is 11.8 Å². The van der Waals surface area contributed by atoms with Crippen LogP contribution < -0.4 is 5.32 Å². The number of benzene rings is 1. The van der Waals surface area contributed by atoms with Crippen molar-refractivity contribution in [1.29, 1.82) is 0 Å². The number of rotatable bonds is 4. The summed E-state index contributed by atoms with van der Waals surface area (Å²) < 4.78 is 0. The van der Waals surface area contributed by atoms with Crippen molar-refractivity contribution in [3.8, 4) is 0 Å². The molecule has 1 aromatic carbocycles. The third kappa shape index (κ3) is 4.05. The van der Waals surface area contributed by atoms with E-state index in [0.717, 1.165) is 38.5 Å². The molecule has 1 N–H and O–H groups in total. The Hall–Kier alpha value is -1.84. The molecule has 4 heteroatoms. The highest BCUT2D eigenvalue weighted by Gasteiger charge is 2.38. The molecule has 25 heavy (non-hydrogen) atoms. The van der Waals surface area contributed by atoms with Gasteiger partial charge in [0.05, 0.1) is 12.0 Å². The highest BCUT2D eigenvalue weighted by atomic mass is 16.2. The number of hydrogen-bond donors (Lipinski definition) is 1. The van der Waals surface area contributed by atoms with Crippen molar-refractivity contribution in [3.63, 3.8) is 0 Å². The molecule has 0 bridgehead atoms. The Balaban J connectivity index is 1.83. The summed E-state index contributed by atoms with van der Waals surface area (Å²) in [6, 6.07) is 8.58. The van der Waals surface area contributed by atoms with E-state index in [-0.39, 0.29) is 29.7 Å². The quantitative estimate of drug-likeness (QED) is 0.909. The molecule has 136 valence electrons. The number of likely N-dealkylation sites (tertiary alicyclic amines) is 1. The highest BCUT2D eigenvalue weighted by molar-refractivity contribution is 5.83. The zero-order valence-corrected chi connectivity index (χ0v) is 15.5. The predicted molar refractivity (Wildman–Crippen MR) is 99.0 cm³/mol. The molecule has 0 aromatic heterocycles. The van der Waals surface area contributed by atoms with Gasteiger partial charge in [0, 0.05) is 19.0 Å². The molecule has 1 aromatic rings. The Bertz CT molecular complexity index is 622. The summed E-state index contributed by atoms with van der Waals surface area (Å²) in [5.74, 6) is 0.430. The molecule has 0 spiro atoms. The SMILES string of the molecule is CCNC(=O)[C@H]1CC[C@@H](c2cccc(C)c2)N(C(=O)C2CCCC2)C1. The largest absolute Gasteiger partial charge is 0.356 e. The van der Waals surface area contributed by atoms with E-state index in [1.54, 1.807) is 0 Å². The van der Waals surface area contributed by atoms with Gasteiger partial charge in [0.15, 0.2) is 0 Å². The van der Waals surface area contributed by atoms with E-state index in [1.165, 1.54) is 11.1 Å². The molecule has 1 saturated carbocycles. The van der Waals surface area contributed by atoms with Crippen molar-refractivity contribution in [2.45, 2.75) is 58.4 Å². The monoisotopic (exact) mass is 342 g/mol. The lowest BCUT2D eigenvalue weighted by molar-refractivity contribution is -0.142. The molecular formula is C21H30N2O2. The van der Waals surface area contributed by atoms with Gasteiger partial charge in [-0.1, -0.05) is 42.7 Å². The molecule has 0 radical (unpaired) electrons. The number of nitrogens with one attached hydrogen (secondary N) is 1. The minimum atomic E-state index is -0.0774. The summed E-state index contributed by atoms with van der Waals surface area (Å²) in [7, 11) is 0. The molecule has 2 amide bonds. The maximum absolute atomic E-state index is 13.2. The summed E-state index contributed by atoms with van der Waals surface area (Å²) in [4.78, 5) is 27.5. The molecule has 1 aliphatic carbocycles. The van der Waals surface area contributed by atoms with Gasteiger partial charge in [-0.15, -0.1) is 0 Å². The Morgan fingerprint density at radius 1 is 1.12 bits per heavy atom. The first-order chi connectivity index (χ1) is 12.1. The van der Waals surface area contributed by atoms with Gasteiger partial charge in [0.25, 0.3) is 0 Å². The average Bonchev–Trinajstić information content (AvgIpc) is 3.15. The third-order valence-corrected chi connectivity index (χ3v) is 5.72. The van der Waals surface area contributed by atoms with E-state index in [9.17, 15) is 9.59 Å². The molecular weight excluding hydrogens is 312 g/mol. The molecule has 4 nitrogen and oxygen atoms in total. The van der Waals surface area contributed by atoms with Gasteiger partial charge in [0.1, 0.15) is 0 Å². The van der Waals surface area contributed by atoms with Crippen molar-refractivity contribution in [1.82, 2.24) is 10.2 Å². The van der Waals surface area contributed by atoms with Crippen LogP contribution in [0.3, 0.4) is 0 Å². The summed E-state index contributed by atoms with van der Waals surface area (Å²) in [6.45, 7) is 5.23.